The molecular formula is C9H17N3O3. The molecule has 0 aliphatic heterocycles. The number of primary amides is 1. The first-order valence-electron chi connectivity index (χ1n) is 4.84. The Kier molecular flexibility index (Phi) is 3.31. The Morgan fingerprint density at radius 2 is 2.13 bits per heavy atom. The van der Waals surface area contributed by atoms with Crippen LogP contribution in [0.25, 0.3) is 0 Å². The van der Waals surface area contributed by atoms with E-state index in [1.807, 2.05) is 19.2 Å². The summed E-state index contributed by atoms with van der Waals surface area (Å²) in [7, 11) is 0. The minimum Gasteiger partial charge on any atom is -0.392 e. The van der Waals surface area contributed by atoms with E-state index in [9.17, 15) is 14.7 Å². The minimum absolute atomic E-state index is 0.0315. The minimum atomic E-state index is -0.852. The van der Waals surface area contributed by atoms with Gasteiger partial charge in [0.15, 0.2) is 0 Å². The Bertz CT molecular complexity index is 278. The van der Waals surface area contributed by atoms with Crippen LogP contribution in [0.4, 0.5) is 4.79 Å². The van der Waals surface area contributed by atoms with Crippen molar-refractivity contribution in [3.05, 3.63) is 0 Å². The fourth-order valence-electron chi connectivity index (χ4n) is 1.65. The first kappa shape index (κ1) is 11.9. The Morgan fingerprint density at radius 3 is 2.53 bits per heavy atom. The lowest BCUT2D eigenvalue weighted by Gasteiger charge is -2.49. The maximum Gasteiger partial charge on any atom is 0.318 e. The second-order valence-corrected chi connectivity index (χ2v) is 4.42. The van der Waals surface area contributed by atoms with Gasteiger partial charge in [0.05, 0.1) is 12.6 Å². The zero-order valence-corrected chi connectivity index (χ0v) is 8.91. The van der Waals surface area contributed by atoms with Crippen molar-refractivity contribution in [2.75, 3.05) is 6.54 Å². The SMILES string of the molecule is CC1(C)C(O)CC1NCC(=O)NC(N)=O. The molecule has 3 amide bonds. The predicted molar refractivity (Wildman–Crippen MR) is 53.9 cm³/mol. The maximum atomic E-state index is 11.1. The number of nitrogens with two attached hydrogens (primary N) is 1. The third kappa shape index (κ3) is 2.66. The largest absolute Gasteiger partial charge is 0.392 e. The molecular weight excluding hydrogens is 198 g/mol. The van der Waals surface area contributed by atoms with Gasteiger partial charge in [-0.3, -0.25) is 10.1 Å². The number of aliphatic hydroxyl groups excluding tert-OH is 1. The van der Waals surface area contributed by atoms with Crippen LogP contribution in [0.2, 0.25) is 0 Å². The fraction of sp³-hybridized carbons (Fsp3) is 0.778. The van der Waals surface area contributed by atoms with Gasteiger partial charge in [0.2, 0.25) is 5.91 Å². The molecule has 1 aliphatic rings. The van der Waals surface area contributed by atoms with Crippen molar-refractivity contribution in [1.29, 1.82) is 0 Å². The van der Waals surface area contributed by atoms with Crippen LogP contribution in [0.1, 0.15) is 20.3 Å². The van der Waals surface area contributed by atoms with E-state index < -0.39 is 11.9 Å². The first-order valence-corrected chi connectivity index (χ1v) is 4.84. The summed E-state index contributed by atoms with van der Waals surface area (Å²) in [6, 6.07) is -0.763. The topological polar surface area (TPSA) is 104 Å². The molecule has 1 rings (SSSR count). The molecule has 15 heavy (non-hydrogen) atoms. The van der Waals surface area contributed by atoms with Crippen LogP contribution < -0.4 is 16.4 Å². The Labute approximate surface area is 88.2 Å². The molecule has 0 bridgehead atoms. The second-order valence-electron chi connectivity index (χ2n) is 4.42. The number of hydrogen-bond acceptors (Lipinski definition) is 4. The molecule has 86 valence electrons. The third-order valence-electron chi connectivity index (χ3n) is 2.99. The monoisotopic (exact) mass is 215 g/mol. The molecule has 5 N–H and O–H groups in total. The van der Waals surface area contributed by atoms with E-state index in [2.05, 4.69) is 5.32 Å². The lowest BCUT2D eigenvalue weighted by atomic mass is 9.64. The van der Waals surface area contributed by atoms with Gasteiger partial charge in [-0.15, -0.1) is 0 Å². The lowest BCUT2D eigenvalue weighted by Crippen LogP contribution is -2.61. The molecule has 0 radical (unpaired) electrons. The normalized spacial score (nSPS) is 27.9. The van der Waals surface area contributed by atoms with Crippen molar-refractivity contribution in [1.82, 2.24) is 10.6 Å². The standard InChI is InChI=1S/C9H17N3O3/c1-9(2)5(3-6(9)13)11-4-7(14)12-8(10)15/h5-6,11,13H,3-4H2,1-2H3,(H3,10,12,14,15). The van der Waals surface area contributed by atoms with Gasteiger partial charge < -0.3 is 16.2 Å². The average Bonchev–Trinajstić information content (AvgIpc) is 2.10. The molecule has 1 saturated carbocycles. The Hall–Kier alpha value is -1.14. The van der Waals surface area contributed by atoms with Gasteiger partial charge >= 0.3 is 6.03 Å². The molecule has 0 aromatic heterocycles. The molecule has 6 nitrogen and oxygen atoms in total. The van der Waals surface area contributed by atoms with Crippen LogP contribution in [0, 0.1) is 5.41 Å². The summed E-state index contributed by atoms with van der Waals surface area (Å²) in [6.45, 7) is 3.87. The Morgan fingerprint density at radius 1 is 1.53 bits per heavy atom. The van der Waals surface area contributed by atoms with Gasteiger partial charge in [-0.25, -0.2) is 4.79 Å². The van der Waals surface area contributed by atoms with Crippen molar-refractivity contribution in [3.63, 3.8) is 0 Å². The highest BCUT2D eigenvalue weighted by atomic mass is 16.3. The maximum absolute atomic E-state index is 11.1. The van der Waals surface area contributed by atoms with E-state index in [1.54, 1.807) is 0 Å². The van der Waals surface area contributed by atoms with Gasteiger partial charge in [0.25, 0.3) is 0 Å². The van der Waals surface area contributed by atoms with Crippen LogP contribution in [-0.4, -0.2) is 35.7 Å². The summed E-state index contributed by atoms with van der Waals surface area (Å²) in [5.74, 6) is -0.459. The van der Waals surface area contributed by atoms with E-state index in [4.69, 9.17) is 5.73 Å². The van der Waals surface area contributed by atoms with Crippen molar-refractivity contribution < 1.29 is 14.7 Å². The summed E-state index contributed by atoms with van der Waals surface area (Å²) >= 11 is 0. The van der Waals surface area contributed by atoms with Crippen LogP contribution in [0.3, 0.4) is 0 Å². The predicted octanol–water partition coefficient (Wildman–Crippen LogP) is -1.07. The molecule has 0 heterocycles. The molecule has 0 aromatic rings. The third-order valence-corrected chi connectivity index (χ3v) is 2.99. The van der Waals surface area contributed by atoms with Crippen molar-refractivity contribution in [2.24, 2.45) is 11.1 Å². The molecule has 0 saturated heterocycles. The number of amides is 3. The first-order chi connectivity index (χ1) is 6.84. The van der Waals surface area contributed by atoms with Crippen molar-refractivity contribution in [3.8, 4) is 0 Å². The number of carbonyl (C=O) groups excluding carboxylic acids is 2. The van der Waals surface area contributed by atoms with Crippen LogP contribution in [0.5, 0.6) is 0 Å². The van der Waals surface area contributed by atoms with Crippen molar-refractivity contribution >= 4 is 11.9 Å². The van der Waals surface area contributed by atoms with Crippen molar-refractivity contribution in [2.45, 2.75) is 32.4 Å². The van der Waals surface area contributed by atoms with Gasteiger partial charge in [-0.05, 0) is 6.42 Å². The number of rotatable bonds is 3. The van der Waals surface area contributed by atoms with E-state index in [0.29, 0.717) is 6.42 Å². The highest BCUT2D eigenvalue weighted by molar-refractivity contribution is 5.94. The molecule has 2 unspecified atom stereocenters. The van der Waals surface area contributed by atoms with E-state index in [1.165, 1.54) is 0 Å². The van der Waals surface area contributed by atoms with Crippen LogP contribution in [-0.2, 0) is 4.79 Å². The van der Waals surface area contributed by atoms with E-state index in [0.717, 1.165) is 0 Å². The lowest BCUT2D eigenvalue weighted by molar-refractivity contribution is -0.121. The summed E-state index contributed by atoms with van der Waals surface area (Å²) in [4.78, 5) is 21.4. The van der Waals surface area contributed by atoms with E-state index in [-0.39, 0.29) is 24.1 Å². The highest BCUT2D eigenvalue weighted by Crippen LogP contribution is 2.40. The number of nitrogens with one attached hydrogen (secondary N) is 2. The van der Waals surface area contributed by atoms with Gasteiger partial charge in [0.1, 0.15) is 0 Å². The number of imide groups is 1. The number of hydrogen-bond donors (Lipinski definition) is 4. The van der Waals surface area contributed by atoms with Gasteiger partial charge in [0, 0.05) is 11.5 Å². The summed E-state index contributed by atoms with van der Waals surface area (Å²) in [5, 5.41) is 14.4. The zero-order chi connectivity index (χ0) is 11.6. The summed E-state index contributed by atoms with van der Waals surface area (Å²) in [6.07, 6.45) is 0.283. The Balaban J connectivity index is 2.27. The molecule has 2 atom stereocenters. The quantitative estimate of drug-likeness (QED) is 0.481. The van der Waals surface area contributed by atoms with Crippen LogP contribution >= 0.6 is 0 Å². The number of aliphatic hydroxyl groups is 1. The number of carbonyl (C=O) groups is 2. The molecule has 6 heteroatoms. The highest BCUT2D eigenvalue weighted by Gasteiger charge is 2.46. The van der Waals surface area contributed by atoms with Gasteiger partial charge in [-0.2, -0.15) is 0 Å². The molecule has 1 aliphatic carbocycles. The smallest absolute Gasteiger partial charge is 0.318 e. The molecule has 0 aromatic carbocycles. The molecule has 1 fully saturated rings. The second kappa shape index (κ2) is 4.16. The van der Waals surface area contributed by atoms with Crippen LogP contribution in [0.15, 0.2) is 0 Å². The molecule has 0 spiro atoms. The summed E-state index contributed by atoms with van der Waals surface area (Å²) in [5.41, 5.74) is 4.55. The zero-order valence-electron chi connectivity index (χ0n) is 8.91. The number of urea groups is 1. The summed E-state index contributed by atoms with van der Waals surface area (Å²) < 4.78 is 0. The van der Waals surface area contributed by atoms with E-state index >= 15 is 0 Å². The fourth-order valence-corrected chi connectivity index (χ4v) is 1.65. The average molecular weight is 215 g/mol. The van der Waals surface area contributed by atoms with Gasteiger partial charge in [-0.1, -0.05) is 13.8 Å².